The minimum Gasteiger partial charge on any atom is -0.395 e. The zero-order valence-electron chi connectivity index (χ0n) is 33.4. The van der Waals surface area contributed by atoms with Crippen LogP contribution in [0.1, 0.15) is 173 Å². The Balaban J connectivity index is 0.000000973. The maximum atomic E-state index is 12.1. The van der Waals surface area contributed by atoms with Gasteiger partial charge in [-0.2, -0.15) is 0 Å². The lowest BCUT2D eigenvalue weighted by molar-refractivity contribution is -0.117. The van der Waals surface area contributed by atoms with Crippen molar-refractivity contribution in [2.45, 2.75) is 164 Å². The van der Waals surface area contributed by atoms with Crippen LogP contribution in [0.3, 0.4) is 0 Å². The van der Waals surface area contributed by atoms with E-state index in [1.165, 1.54) is 85.6 Å². The number of carbonyl (C=O) groups excluding carboxylic acids is 1. The maximum Gasteiger partial charge on any atom is 0.141 e. The van der Waals surface area contributed by atoms with Crippen molar-refractivity contribution in [3.8, 4) is 0 Å². The summed E-state index contributed by atoms with van der Waals surface area (Å²) in [6.45, 7) is 24.5. The second-order valence-electron chi connectivity index (χ2n) is 14.7. The number of aryl methyl sites for hydroxylation is 1. The molecular weight excluding hydrogens is 599 g/mol. The fourth-order valence-corrected chi connectivity index (χ4v) is 8.35. The number of nitrogens with two attached hydrogens (primary N) is 1. The molecule has 4 aliphatic rings. The van der Waals surface area contributed by atoms with Crippen LogP contribution in [0.2, 0.25) is 0 Å². The summed E-state index contributed by atoms with van der Waals surface area (Å²) in [5, 5.41) is 9.70. The van der Waals surface area contributed by atoms with E-state index in [1.807, 2.05) is 13.8 Å². The molecule has 0 aromatic heterocycles. The van der Waals surface area contributed by atoms with Gasteiger partial charge in [-0.15, -0.1) is 6.58 Å². The molecule has 6 rings (SSSR count). The van der Waals surface area contributed by atoms with Crippen LogP contribution in [-0.4, -0.2) is 23.5 Å². The fourth-order valence-electron chi connectivity index (χ4n) is 8.35. The lowest BCUT2D eigenvalue weighted by Gasteiger charge is -2.57. The Morgan fingerprint density at radius 3 is 1.84 bits per heavy atom. The van der Waals surface area contributed by atoms with Gasteiger partial charge in [-0.05, 0) is 115 Å². The molecule has 0 aliphatic heterocycles. The largest absolute Gasteiger partial charge is 0.395 e. The summed E-state index contributed by atoms with van der Waals surface area (Å²) >= 11 is 0. The lowest BCUT2D eigenvalue weighted by Crippen LogP contribution is -2.49. The van der Waals surface area contributed by atoms with Crippen LogP contribution in [0.4, 0.5) is 0 Å². The Hall–Kier alpha value is -2.49. The number of ketones is 1. The summed E-state index contributed by atoms with van der Waals surface area (Å²) < 4.78 is 0. The van der Waals surface area contributed by atoms with Crippen molar-refractivity contribution < 1.29 is 9.90 Å². The van der Waals surface area contributed by atoms with Crippen LogP contribution in [0.5, 0.6) is 0 Å². The normalized spacial score (nSPS) is 22.6. The Morgan fingerprint density at radius 1 is 0.857 bits per heavy atom. The maximum absolute atomic E-state index is 12.1. The van der Waals surface area contributed by atoms with Gasteiger partial charge >= 0.3 is 0 Å². The van der Waals surface area contributed by atoms with Crippen LogP contribution >= 0.6 is 0 Å². The number of hydrogen-bond acceptors (Lipinski definition) is 3. The van der Waals surface area contributed by atoms with Gasteiger partial charge in [0.05, 0.1) is 12.5 Å². The van der Waals surface area contributed by atoms with E-state index in [0.717, 1.165) is 42.6 Å². The number of aliphatic hydroxyl groups is 1. The Labute approximate surface area is 303 Å². The van der Waals surface area contributed by atoms with Crippen molar-refractivity contribution in [2.75, 3.05) is 6.61 Å². The molecule has 0 spiro atoms. The van der Waals surface area contributed by atoms with E-state index in [9.17, 15) is 9.90 Å². The lowest BCUT2D eigenvalue weighted by atomic mass is 9.47. The fraction of sp³-hybridized carbons (Fsp3) is 0.630. The third-order valence-corrected chi connectivity index (χ3v) is 9.63. The van der Waals surface area contributed by atoms with Gasteiger partial charge in [-0.25, -0.2) is 0 Å². The summed E-state index contributed by atoms with van der Waals surface area (Å²) in [5.74, 6) is 2.52. The molecule has 3 nitrogen and oxygen atoms in total. The highest BCUT2D eigenvalue weighted by molar-refractivity contribution is 5.85. The minimum absolute atomic E-state index is 0.0223. The van der Waals surface area contributed by atoms with Crippen LogP contribution in [-0.2, 0) is 23.1 Å². The first-order valence-corrected chi connectivity index (χ1v) is 20.0. The predicted molar refractivity (Wildman–Crippen MR) is 217 cm³/mol. The molecule has 0 radical (unpaired) electrons. The van der Waals surface area contributed by atoms with Crippen molar-refractivity contribution in [3.05, 3.63) is 82.4 Å². The van der Waals surface area contributed by atoms with E-state index in [0.29, 0.717) is 0 Å². The van der Waals surface area contributed by atoms with Gasteiger partial charge in [0.15, 0.2) is 0 Å². The number of aliphatic hydroxyl groups excluding tert-OH is 1. The third kappa shape index (κ3) is 13.3. The molecule has 3 N–H and O–H groups in total. The molecule has 4 fully saturated rings. The molecule has 276 valence electrons. The smallest absolute Gasteiger partial charge is 0.141 e. The van der Waals surface area contributed by atoms with E-state index < -0.39 is 0 Å². The van der Waals surface area contributed by atoms with Crippen LogP contribution < -0.4 is 5.73 Å². The SMILES string of the molecule is C=CC(C(C)=O)c1ccc(/C=C/c2ccc(CC(N)CO)c(C34CC5CC(CC(C5)C3)C4)c2)c(CCC)c1.CC.CCC.CCC.CCC. The van der Waals surface area contributed by atoms with E-state index in [4.69, 9.17) is 5.73 Å². The van der Waals surface area contributed by atoms with E-state index in [2.05, 4.69) is 104 Å². The van der Waals surface area contributed by atoms with E-state index in [-0.39, 0.29) is 29.8 Å². The van der Waals surface area contributed by atoms with Crippen LogP contribution in [0.15, 0.2) is 49.1 Å². The molecule has 2 atom stereocenters. The number of hydrogen-bond donors (Lipinski definition) is 2. The number of carbonyl (C=O) groups is 1. The molecule has 49 heavy (non-hydrogen) atoms. The standard InChI is InChI=1S/C35H45NO2.3C3H8.C2H6/c1-4-6-29-17-30(33(5-2)23(3)38)12-11-28(29)9-7-24-8-10-31(18-32(36)22-37)34(16-24)35-19-25-13-26(20-35)15-27(14-25)21-35;3*1-3-2;1-2/h5,7-12,16-17,25-27,32-33,37H,2,4,6,13-15,18-22,36H2,1,3H3;3*3H2,1-2H3;1-2H3/b9-7+;;;;. The average Bonchev–Trinajstić information content (AvgIpc) is 3.06. The van der Waals surface area contributed by atoms with Gasteiger partial charge in [-0.1, -0.05) is 143 Å². The number of Topliss-reactive ketones (excluding diaryl/α,β-unsaturated/α-hetero) is 1. The molecule has 0 amide bonds. The Kier molecular flexibility index (Phi) is 21.7. The molecule has 2 aromatic carbocycles. The van der Waals surface area contributed by atoms with Crippen LogP contribution in [0.25, 0.3) is 12.2 Å². The Morgan fingerprint density at radius 2 is 1.39 bits per heavy atom. The topological polar surface area (TPSA) is 63.3 Å². The molecular formula is C46H75NO2. The highest BCUT2D eigenvalue weighted by Gasteiger charge is 2.52. The second-order valence-corrected chi connectivity index (χ2v) is 14.7. The van der Waals surface area contributed by atoms with Gasteiger partial charge in [0.25, 0.3) is 0 Å². The van der Waals surface area contributed by atoms with Crippen molar-refractivity contribution in [3.63, 3.8) is 0 Å². The van der Waals surface area contributed by atoms with Gasteiger partial charge in [-0.3, -0.25) is 4.79 Å². The molecule has 0 heterocycles. The molecule has 4 bridgehead atoms. The monoisotopic (exact) mass is 674 g/mol. The summed E-state index contributed by atoms with van der Waals surface area (Å²) in [7, 11) is 0. The van der Waals surface area contributed by atoms with Gasteiger partial charge in [0.1, 0.15) is 5.78 Å². The Bertz CT molecular complexity index is 1220. The minimum atomic E-state index is -0.246. The molecule has 4 saturated carbocycles. The highest BCUT2D eigenvalue weighted by atomic mass is 16.3. The van der Waals surface area contributed by atoms with E-state index in [1.54, 1.807) is 13.0 Å². The summed E-state index contributed by atoms with van der Waals surface area (Å²) in [5.41, 5.74) is 14.1. The van der Waals surface area contributed by atoms with Gasteiger partial charge in [0.2, 0.25) is 0 Å². The summed E-state index contributed by atoms with van der Waals surface area (Å²) in [6.07, 6.45) is 21.0. The van der Waals surface area contributed by atoms with Crippen molar-refractivity contribution in [2.24, 2.45) is 23.5 Å². The number of benzene rings is 2. The van der Waals surface area contributed by atoms with Crippen molar-refractivity contribution >= 4 is 17.9 Å². The molecule has 2 unspecified atom stereocenters. The zero-order chi connectivity index (χ0) is 37.0. The van der Waals surface area contributed by atoms with Crippen molar-refractivity contribution in [1.29, 1.82) is 0 Å². The first-order chi connectivity index (χ1) is 23.6. The molecule has 2 aromatic rings. The first kappa shape index (κ1) is 44.5. The number of allylic oxidation sites excluding steroid dienone is 1. The number of rotatable bonds is 11. The first-order valence-electron chi connectivity index (χ1n) is 20.0. The van der Waals surface area contributed by atoms with E-state index >= 15 is 0 Å². The third-order valence-electron chi connectivity index (χ3n) is 9.63. The molecule has 0 saturated heterocycles. The quantitative estimate of drug-likeness (QED) is 0.184. The van der Waals surface area contributed by atoms with Gasteiger partial charge in [0, 0.05) is 6.04 Å². The summed E-state index contributed by atoms with van der Waals surface area (Å²) in [4.78, 5) is 12.1. The predicted octanol–water partition coefficient (Wildman–Crippen LogP) is 12.3. The molecule has 3 heteroatoms. The molecule has 4 aliphatic carbocycles. The average molecular weight is 674 g/mol. The van der Waals surface area contributed by atoms with Gasteiger partial charge < -0.3 is 10.8 Å². The van der Waals surface area contributed by atoms with Crippen molar-refractivity contribution in [1.82, 2.24) is 0 Å². The van der Waals surface area contributed by atoms with Crippen LogP contribution in [0, 0.1) is 17.8 Å². The summed E-state index contributed by atoms with van der Waals surface area (Å²) in [6, 6.07) is 13.2. The zero-order valence-corrected chi connectivity index (χ0v) is 33.4. The second kappa shape index (κ2) is 23.8. The highest BCUT2D eigenvalue weighted by Crippen LogP contribution is 2.61.